The summed E-state index contributed by atoms with van der Waals surface area (Å²) in [7, 11) is 3.51. The molecule has 14 heteroatoms. The first kappa shape index (κ1) is 44.8. The quantitative estimate of drug-likeness (QED) is 0.0715. The molecular formula is C41H62N4O10. The summed E-state index contributed by atoms with van der Waals surface area (Å²) in [6.07, 6.45) is 0.0965. The van der Waals surface area contributed by atoms with Crippen molar-refractivity contribution in [2.24, 2.45) is 34.8 Å². The zero-order valence-electron chi connectivity index (χ0n) is 33.8. The van der Waals surface area contributed by atoms with E-state index in [1.165, 1.54) is 4.90 Å². The molecule has 0 saturated carbocycles. The number of carbonyl (C=O) groups excluding carboxylic acids is 4. The third kappa shape index (κ3) is 14.2. The van der Waals surface area contributed by atoms with E-state index in [4.69, 9.17) is 34.2 Å². The van der Waals surface area contributed by atoms with E-state index < -0.39 is 48.4 Å². The van der Waals surface area contributed by atoms with Crippen LogP contribution in [0.3, 0.4) is 0 Å². The summed E-state index contributed by atoms with van der Waals surface area (Å²) in [6.45, 7) is 12.0. The van der Waals surface area contributed by atoms with Crippen LogP contribution in [-0.4, -0.2) is 88.5 Å². The van der Waals surface area contributed by atoms with Gasteiger partial charge < -0.3 is 44.8 Å². The Morgan fingerprint density at radius 1 is 0.945 bits per heavy atom. The lowest BCUT2D eigenvalue weighted by Crippen LogP contribution is -2.47. The van der Waals surface area contributed by atoms with Crippen LogP contribution in [-0.2, 0) is 46.3 Å². The van der Waals surface area contributed by atoms with Crippen LogP contribution >= 0.6 is 0 Å². The molecule has 0 aromatic heterocycles. The molecule has 0 radical (unpaired) electrons. The summed E-state index contributed by atoms with van der Waals surface area (Å²) in [4.78, 5) is 52.8. The van der Waals surface area contributed by atoms with Crippen molar-refractivity contribution < 1.29 is 47.6 Å². The van der Waals surface area contributed by atoms with Crippen LogP contribution in [0.4, 0.5) is 15.3 Å². The van der Waals surface area contributed by atoms with Gasteiger partial charge in [-0.05, 0) is 74.1 Å². The first-order valence-corrected chi connectivity index (χ1v) is 19.0. The van der Waals surface area contributed by atoms with Crippen molar-refractivity contribution in [3.8, 4) is 5.75 Å². The van der Waals surface area contributed by atoms with Gasteiger partial charge in [0.15, 0.2) is 0 Å². The molecule has 1 aliphatic heterocycles. The number of rotatable bonds is 22. The molecule has 2 aromatic carbocycles. The van der Waals surface area contributed by atoms with Crippen molar-refractivity contribution in [2.45, 2.75) is 86.0 Å². The van der Waals surface area contributed by atoms with Crippen LogP contribution in [0, 0.1) is 29.1 Å². The minimum absolute atomic E-state index is 0.0116. The third-order valence-corrected chi connectivity index (χ3v) is 10.1. The summed E-state index contributed by atoms with van der Waals surface area (Å²) < 4.78 is 33.1. The first-order valence-electron chi connectivity index (χ1n) is 19.0. The van der Waals surface area contributed by atoms with Crippen LogP contribution in [0.25, 0.3) is 0 Å². The molecule has 4 atom stereocenters. The van der Waals surface area contributed by atoms with Gasteiger partial charge >= 0.3 is 12.2 Å². The fraction of sp³-hybridized carbons (Fsp3) is 0.610. The summed E-state index contributed by atoms with van der Waals surface area (Å²) in [5, 5.41) is 6.10. The zero-order chi connectivity index (χ0) is 40.5. The monoisotopic (exact) mass is 770 g/mol. The maximum absolute atomic E-state index is 13.6. The summed E-state index contributed by atoms with van der Waals surface area (Å²) >= 11 is 0. The van der Waals surface area contributed by atoms with E-state index in [1.54, 1.807) is 21.0 Å². The molecule has 2 aromatic rings. The molecule has 1 aliphatic rings. The van der Waals surface area contributed by atoms with Gasteiger partial charge in [-0.3, -0.25) is 14.5 Å². The topological polar surface area (TPSA) is 177 Å². The molecule has 306 valence electrons. The Morgan fingerprint density at radius 2 is 1.67 bits per heavy atom. The normalized spacial score (nSPS) is 16.7. The number of hydrogen-bond acceptors (Lipinski definition) is 11. The molecule has 4 N–H and O–H groups in total. The van der Waals surface area contributed by atoms with E-state index in [2.05, 4.69) is 30.5 Å². The highest BCUT2D eigenvalue weighted by molar-refractivity contribution is 5.83. The first-order chi connectivity index (χ1) is 26.2. The van der Waals surface area contributed by atoms with Crippen LogP contribution in [0.15, 0.2) is 48.5 Å². The van der Waals surface area contributed by atoms with Gasteiger partial charge in [0, 0.05) is 39.6 Å². The van der Waals surface area contributed by atoms with Crippen LogP contribution < -0.4 is 21.1 Å². The number of carbonyl (C=O) groups is 4. The summed E-state index contributed by atoms with van der Waals surface area (Å²) in [6, 6.07) is 14.8. The zero-order valence-corrected chi connectivity index (χ0v) is 33.8. The molecule has 14 nitrogen and oxygen atoms in total. The summed E-state index contributed by atoms with van der Waals surface area (Å²) in [5.74, 6) is -0.266. The van der Waals surface area contributed by atoms with Crippen molar-refractivity contribution >= 4 is 29.8 Å². The minimum Gasteiger partial charge on any atom is -0.491 e. The molecule has 4 unspecified atom stereocenters. The Balaban J connectivity index is 1.80. The van der Waals surface area contributed by atoms with Crippen molar-refractivity contribution in [3.63, 3.8) is 0 Å². The number of nitrogens with two attached hydrogens (primary N) is 1. The maximum Gasteiger partial charge on any atom is 0.511 e. The van der Waals surface area contributed by atoms with Gasteiger partial charge in [-0.2, -0.15) is 0 Å². The van der Waals surface area contributed by atoms with E-state index in [9.17, 15) is 19.2 Å². The van der Waals surface area contributed by atoms with Gasteiger partial charge in [0.2, 0.25) is 18.6 Å². The van der Waals surface area contributed by atoms with E-state index >= 15 is 0 Å². The van der Waals surface area contributed by atoms with Gasteiger partial charge in [-0.25, -0.2) is 9.59 Å². The van der Waals surface area contributed by atoms with Crippen molar-refractivity contribution in [3.05, 3.63) is 59.7 Å². The van der Waals surface area contributed by atoms with Gasteiger partial charge in [0.25, 0.3) is 0 Å². The van der Waals surface area contributed by atoms with E-state index in [-0.39, 0.29) is 43.5 Å². The number of methoxy groups -OCH3 is 1. The average Bonchev–Trinajstić information content (AvgIpc) is 3.55. The molecule has 1 heterocycles. The second-order valence-corrected chi connectivity index (χ2v) is 15.3. The van der Waals surface area contributed by atoms with Crippen molar-refractivity contribution in [1.29, 1.82) is 0 Å². The highest BCUT2D eigenvalue weighted by Gasteiger charge is 2.43. The number of hydrogen-bond donors (Lipinski definition) is 3. The Labute approximate surface area is 326 Å². The predicted octanol–water partition coefficient (Wildman–Crippen LogP) is 6.11. The van der Waals surface area contributed by atoms with Crippen LogP contribution in [0.2, 0.25) is 0 Å². The van der Waals surface area contributed by atoms with Gasteiger partial charge in [-0.1, -0.05) is 64.1 Å². The highest BCUT2D eigenvalue weighted by atomic mass is 16.8. The number of nitrogens with zero attached hydrogens (tertiary/aromatic N) is 1. The third-order valence-electron chi connectivity index (χ3n) is 10.1. The molecule has 0 aliphatic carbocycles. The predicted molar refractivity (Wildman–Crippen MR) is 208 cm³/mol. The molecular weight excluding hydrogens is 708 g/mol. The van der Waals surface area contributed by atoms with E-state index in [0.29, 0.717) is 32.5 Å². The SMILES string of the molecule is CNc1ccc(CC(CC2C(CC(C(=O)NCC(C)(C)C(N)=O)C(C)C)OCN2C(=O)OCOC(=O)OCc2ccccc2)C(C)C)cc1OCCCOC. The molecule has 55 heavy (non-hydrogen) atoms. The van der Waals surface area contributed by atoms with Crippen LogP contribution in [0.5, 0.6) is 5.75 Å². The van der Waals surface area contributed by atoms with E-state index in [1.807, 2.05) is 63.4 Å². The number of benzene rings is 2. The lowest BCUT2D eigenvalue weighted by Gasteiger charge is -2.33. The number of primary amides is 1. The standard InChI is InChI=1S/C41H62N4O10/c1-27(2)31(19-30-15-16-33(43-7)35(20-30)51-18-12-17-50-8)21-34-36(22-32(28(3)4)37(46)44-24-41(5,6)38(42)47)53-25-45(34)39(48)54-26-55-40(49)52-23-29-13-10-9-11-14-29/h9-11,13-16,20,27-28,31-32,34,36,43H,12,17-19,21-26H2,1-8H3,(H2,42,47)(H,44,46). The molecule has 1 saturated heterocycles. The smallest absolute Gasteiger partial charge is 0.491 e. The number of amides is 3. The molecule has 3 rings (SSSR count). The second kappa shape index (κ2) is 22.1. The Kier molecular flexibility index (Phi) is 18.0. The lowest BCUT2D eigenvalue weighted by atomic mass is 9.80. The number of nitrogens with one attached hydrogen (secondary N) is 2. The fourth-order valence-corrected chi connectivity index (χ4v) is 6.31. The Bertz CT molecular complexity index is 1520. The average molecular weight is 771 g/mol. The lowest BCUT2D eigenvalue weighted by molar-refractivity contribution is -0.130. The number of anilines is 1. The molecule has 1 fully saturated rings. The maximum atomic E-state index is 13.6. The van der Waals surface area contributed by atoms with Crippen molar-refractivity contribution in [2.75, 3.05) is 52.8 Å². The molecule has 0 spiro atoms. The minimum atomic E-state index is -0.972. The Hall–Kier alpha value is -4.56. The fourth-order valence-electron chi connectivity index (χ4n) is 6.31. The molecule has 0 bridgehead atoms. The van der Waals surface area contributed by atoms with Crippen molar-refractivity contribution in [1.82, 2.24) is 10.2 Å². The summed E-state index contributed by atoms with van der Waals surface area (Å²) in [5.41, 5.74) is 7.36. The Morgan fingerprint density at radius 3 is 2.31 bits per heavy atom. The number of ether oxygens (including phenoxy) is 6. The molecule has 3 amide bonds. The second-order valence-electron chi connectivity index (χ2n) is 15.3. The van der Waals surface area contributed by atoms with Gasteiger partial charge in [-0.15, -0.1) is 0 Å². The van der Waals surface area contributed by atoms with E-state index in [0.717, 1.165) is 29.0 Å². The highest BCUT2D eigenvalue weighted by Crippen LogP contribution is 2.35. The van der Waals surface area contributed by atoms with Gasteiger partial charge in [0.05, 0.1) is 29.9 Å². The largest absolute Gasteiger partial charge is 0.511 e. The van der Waals surface area contributed by atoms with Gasteiger partial charge in [0.1, 0.15) is 19.1 Å². The van der Waals surface area contributed by atoms with Crippen LogP contribution in [0.1, 0.15) is 71.9 Å².